The topological polar surface area (TPSA) is 88.7 Å². The van der Waals surface area contributed by atoms with E-state index in [0.717, 1.165) is 31.4 Å². The molecule has 0 saturated heterocycles. The molecule has 0 fully saturated rings. The number of hydrazine groups is 1. The van der Waals surface area contributed by atoms with E-state index in [0.29, 0.717) is 30.1 Å². The lowest BCUT2D eigenvalue weighted by molar-refractivity contribution is 0.0934. The minimum atomic E-state index is -0.387. The van der Waals surface area contributed by atoms with Gasteiger partial charge >= 0.3 is 0 Å². The summed E-state index contributed by atoms with van der Waals surface area (Å²) in [6, 6.07) is 13.6. The van der Waals surface area contributed by atoms with Crippen molar-refractivity contribution < 1.29 is 19.1 Å². The van der Waals surface area contributed by atoms with E-state index in [1.54, 1.807) is 48.5 Å². The molecular formula is C25H33N3O4S. The molecule has 2 aromatic carbocycles. The molecule has 0 atom stereocenters. The van der Waals surface area contributed by atoms with E-state index in [2.05, 4.69) is 30.0 Å². The van der Waals surface area contributed by atoms with Gasteiger partial charge in [-0.1, -0.05) is 39.5 Å². The van der Waals surface area contributed by atoms with Crippen molar-refractivity contribution in [2.24, 2.45) is 0 Å². The van der Waals surface area contributed by atoms with Gasteiger partial charge in [0.1, 0.15) is 11.5 Å². The van der Waals surface area contributed by atoms with E-state index in [4.69, 9.17) is 21.7 Å². The first-order chi connectivity index (χ1) is 16.0. The molecule has 0 aliphatic rings. The lowest BCUT2D eigenvalue weighted by atomic mass is 10.2. The Morgan fingerprint density at radius 3 is 1.76 bits per heavy atom. The first-order valence-electron chi connectivity index (χ1n) is 11.4. The van der Waals surface area contributed by atoms with Gasteiger partial charge < -0.3 is 9.47 Å². The Morgan fingerprint density at radius 2 is 1.21 bits per heavy atom. The SMILES string of the molecule is CCCCCCOc1ccc(C(=O)NNC(=S)NC(=O)c2ccc(OCCCC)cc2)cc1. The highest BCUT2D eigenvalue weighted by Gasteiger charge is 2.10. The van der Waals surface area contributed by atoms with Crippen LogP contribution in [0.15, 0.2) is 48.5 Å². The molecule has 0 radical (unpaired) electrons. The molecule has 2 aromatic rings. The van der Waals surface area contributed by atoms with Gasteiger partial charge in [-0.05, 0) is 73.6 Å². The number of ether oxygens (including phenoxy) is 2. The Labute approximate surface area is 201 Å². The van der Waals surface area contributed by atoms with Crippen LogP contribution in [0.2, 0.25) is 0 Å². The van der Waals surface area contributed by atoms with Crippen molar-refractivity contribution >= 4 is 29.1 Å². The molecule has 3 N–H and O–H groups in total. The summed E-state index contributed by atoms with van der Waals surface area (Å²) in [5, 5.41) is 2.52. The minimum Gasteiger partial charge on any atom is -0.494 e. The molecule has 0 unspecified atom stereocenters. The molecule has 0 aliphatic carbocycles. The number of carbonyl (C=O) groups is 2. The number of rotatable bonds is 12. The molecule has 33 heavy (non-hydrogen) atoms. The van der Waals surface area contributed by atoms with Crippen molar-refractivity contribution in [3.05, 3.63) is 59.7 Å². The highest BCUT2D eigenvalue weighted by atomic mass is 32.1. The third-order valence-corrected chi connectivity index (χ3v) is 4.99. The van der Waals surface area contributed by atoms with E-state index < -0.39 is 0 Å². The van der Waals surface area contributed by atoms with Crippen molar-refractivity contribution in [3.8, 4) is 11.5 Å². The van der Waals surface area contributed by atoms with Crippen LogP contribution in [0.25, 0.3) is 0 Å². The highest BCUT2D eigenvalue weighted by molar-refractivity contribution is 7.80. The minimum absolute atomic E-state index is 0.0105. The van der Waals surface area contributed by atoms with Crippen molar-refractivity contribution in [1.82, 2.24) is 16.2 Å². The summed E-state index contributed by atoms with van der Waals surface area (Å²) in [5.74, 6) is 0.665. The molecule has 0 saturated carbocycles. The maximum Gasteiger partial charge on any atom is 0.269 e. The van der Waals surface area contributed by atoms with Crippen LogP contribution in [0.5, 0.6) is 11.5 Å². The van der Waals surface area contributed by atoms with Gasteiger partial charge in [-0.3, -0.25) is 25.8 Å². The van der Waals surface area contributed by atoms with Gasteiger partial charge in [0, 0.05) is 11.1 Å². The van der Waals surface area contributed by atoms with Crippen molar-refractivity contribution in [3.63, 3.8) is 0 Å². The molecule has 8 heteroatoms. The second-order valence-electron chi connectivity index (χ2n) is 7.52. The maximum atomic E-state index is 12.3. The van der Waals surface area contributed by atoms with Gasteiger partial charge in [0.25, 0.3) is 11.8 Å². The Balaban J connectivity index is 1.72. The highest BCUT2D eigenvalue weighted by Crippen LogP contribution is 2.14. The van der Waals surface area contributed by atoms with Crippen LogP contribution in [0.4, 0.5) is 0 Å². The molecule has 2 amide bonds. The zero-order valence-corrected chi connectivity index (χ0v) is 20.1. The van der Waals surface area contributed by atoms with Crippen molar-refractivity contribution in [2.75, 3.05) is 13.2 Å². The lowest BCUT2D eigenvalue weighted by Crippen LogP contribution is -2.48. The number of hydrogen-bond acceptors (Lipinski definition) is 5. The second kappa shape index (κ2) is 14.8. The molecular weight excluding hydrogens is 438 g/mol. The molecule has 7 nitrogen and oxygen atoms in total. The van der Waals surface area contributed by atoms with E-state index in [9.17, 15) is 9.59 Å². The number of thiocarbonyl (C=S) groups is 1. The largest absolute Gasteiger partial charge is 0.494 e. The summed E-state index contributed by atoms with van der Waals surface area (Å²) < 4.78 is 11.3. The number of hydrogen-bond donors (Lipinski definition) is 3. The Kier molecular flexibility index (Phi) is 11.7. The van der Waals surface area contributed by atoms with Crippen LogP contribution in [0.1, 0.15) is 73.1 Å². The molecule has 2 rings (SSSR count). The van der Waals surface area contributed by atoms with Crippen LogP contribution in [0, 0.1) is 0 Å². The quantitative estimate of drug-likeness (QED) is 0.235. The van der Waals surface area contributed by atoms with E-state index in [1.165, 1.54) is 12.8 Å². The van der Waals surface area contributed by atoms with Gasteiger partial charge in [-0.2, -0.15) is 0 Å². The molecule has 0 heterocycles. The van der Waals surface area contributed by atoms with E-state index >= 15 is 0 Å². The summed E-state index contributed by atoms with van der Waals surface area (Å²) in [7, 11) is 0. The number of amides is 2. The lowest BCUT2D eigenvalue weighted by Gasteiger charge is -2.12. The van der Waals surface area contributed by atoms with Crippen LogP contribution in [-0.2, 0) is 0 Å². The Hall–Kier alpha value is -3.13. The first kappa shape index (κ1) is 26.1. The number of nitrogens with one attached hydrogen (secondary N) is 3. The molecule has 0 aliphatic heterocycles. The smallest absolute Gasteiger partial charge is 0.269 e. The third kappa shape index (κ3) is 9.91. The Morgan fingerprint density at radius 1 is 0.697 bits per heavy atom. The number of unbranched alkanes of at least 4 members (excludes halogenated alkanes) is 4. The predicted octanol–water partition coefficient (Wildman–Crippen LogP) is 4.77. The van der Waals surface area contributed by atoms with Crippen LogP contribution < -0.4 is 25.6 Å². The van der Waals surface area contributed by atoms with Gasteiger partial charge in [-0.25, -0.2) is 0 Å². The van der Waals surface area contributed by atoms with E-state index in [1.807, 2.05) is 0 Å². The second-order valence-corrected chi connectivity index (χ2v) is 7.93. The van der Waals surface area contributed by atoms with Gasteiger partial charge in [0.15, 0.2) is 5.11 Å². The van der Waals surface area contributed by atoms with Gasteiger partial charge in [0.2, 0.25) is 0 Å². The Bertz CT molecular complexity index is 886. The third-order valence-electron chi connectivity index (χ3n) is 4.78. The molecule has 178 valence electrons. The summed E-state index contributed by atoms with van der Waals surface area (Å²) >= 11 is 5.09. The fourth-order valence-electron chi connectivity index (χ4n) is 2.85. The molecule has 0 aromatic heterocycles. The van der Waals surface area contributed by atoms with Crippen LogP contribution in [0.3, 0.4) is 0 Å². The zero-order chi connectivity index (χ0) is 23.9. The van der Waals surface area contributed by atoms with Crippen molar-refractivity contribution in [1.29, 1.82) is 0 Å². The van der Waals surface area contributed by atoms with Gasteiger partial charge in [0.05, 0.1) is 13.2 Å². The summed E-state index contributed by atoms with van der Waals surface area (Å²) in [5.41, 5.74) is 5.88. The fourth-order valence-corrected chi connectivity index (χ4v) is 2.99. The summed E-state index contributed by atoms with van der Waals surface area (Å²) in [6.07, 6.45) is 6.59. The number of carbonyl (C=O) groups excluding carboxylic acids is 2. The monoisotopic (exact) mass is 471 g/mol. The first-order valence-corrected chi connectivity index (χ1v) is 11.8. The fraction of sp³-hybridized carbons (Fsp3) is 0.400. The molecule has 0 bridgehead atoms. The predicted molar refractivity (Wildman–Crippen MR) is 134 cm³/mol. The molecule has 0 spiro atoms. The standard InChI is InChI=1S/C25H33N3O4S/c1-3-5-7-8-18-32-22-15-11-20(12-16-22)24(30)27-28-25(33)26-23(29)19-9-13-21(14-10-19)31-17-6-4-2/h9-16H,3-8,17-18H2,1-2H3,(H,27,30)(H2,26,28,29,33). The maximum absolute atomic E-state index is 12.3. The van der Waals surface area contributed by atoms with Gasteiger partial charge in [-0.15, -0.1) is 0 Å². The normalized spacial score (nSPS) is 10.2. The van der Waals surface area contributed by atoms with E-state index in [-0.39, 0.29) is 16.9 Å². The average molecular weight is 472 g/mol. The summed E-state index contributed by atoms with van der Waals surface area (Å²) in [4.78, 5) is 24.6. The average Bonchev–Trinajstić information content (AvgIpc) is 2.83. The van der Waals surface area contributed by atoms with Crippen LogP contribution in [-0.4, -0.2) is 30.1 Å². The summed E-state index contributed by atoms with van der Waals surface area (Å²) in [6.45, 7) is 5.57. The zero-order valence-electron chi connectivity index (χ0n) is 19.3. The van der Waals surface area contributed by atoms with Crippen molar-refractivity contribution in [2.45, 2.75) is 52.4 Å². The van der Waals surface area contributed by atoms with Crippen LogP contribution >= 0.6 is 12.2 Å². The number of benzene rings is 2.